The van der Waals surface area contributed by atoms with Crippen LogP contribution in [0.15, 0.2) is 33.6 Å². The van der Waals surface area contributed by atoms with Crippen molar-refractivity contribution >= 4 is 25.8 Å². The molecule has 0 bridgehead atoms. The van der Waals surface area contributed by atoms with E-state index in [0.717, 1.165) is 12.1 Å². The van der Waals surface area contributed by atoms with Gasteiger partial charge in [0.15, 0.2) is 0 Å². The molecule has 0 aromatic heterocycles. The first-order valence-corrected chi connectivity index (χ1v) is 5.60. The van der Waals surface area contributed by atoms with Gasteiger partial charge in [-0.15, -0.1) is 0 Å². The molecule has 0 saturated heterocycles. The van der Waals surface area contributed by atoms with E-state index >= 15 is 0 Å². The summed E-state index contributed by atoms with van der Waals surface area (Å²) in [4.78, 5) is -0.764. The van der Waals surface area contributed by atoms with Crippen molar-refractivity contribution in [3.63, 3.8) is 0 Å². The third-order valence-corrected chi connectivity index (χ3v) is 3.39. The Morgan fingerprint density at radius 1 is 1.21 bits per heavy atom. The van der Waals surface area contributed by atoms with Gasteiger partial charge in [0.1, 0.15) is 0 Å². The fraction of sp³-hybridized carbons (Fsp3) is 0.143. The monoisotopic (exact) mass is 288 g/mol. The van der Waals surface area contributed by atoms with E-state index in [1.165, 1.54) is 12.1 Å². The van der Waals surface area contributed by atoms with E-state index in [2.05, 4.69) is 15.9 Å². The molecule has 0 N–H and O–H groups in total. The van der Waals surface area contributed by atoms with Gasteiger partial charge in [0.25, 0.3) is 9.84 Å². The number of alkyl halides is 3. The van der Waals surface area contributed by atoms with Gasteiger partial charge in [0, 0.05) is 4.47 Å². The zero-order valence-corrected chi connectivity index (χ0v) is 8.95. The molecule has 0 aliphatic rings. The molecule has 1 aromatic carbocycles. The van der Waals surface area contributed by atoms with Crippen LogP contribution in [0.25, 0.3) is 0 Å². The van der Waals surface area contributed by atoms with Gasteiger partial charge in [-0.1, -0.05) is 22.0 Å². The summed E-state index contributed by atoms with van der Waals surface area (Å²) in [6.45, 7) is 0. The summed E-state index contributed by atoms with van der Waals surface area (Å²) in [6.07, 6.45) is 0. The maximum absolute atomic E-state index is 12.0. The van der Waals surface area contributed by atoms with Crippen LogP contribution in [0.1, 0.15) is 0 Å². The lowest BCUT2D eigenvalue weighted by Gasteiger charge is -2.07. The Labute approximate surface area is 86.8 Å². The molecule has 0 unspecified atom stereocenters. The fourth-order valence-electron chi connectivity index (χ4n) is 0.768. The highest BCUT2D eigenvalue weighted by Crippen LogP contribution is 2.31. The van der Waals surface area contributed by atoms with Crippen molar-refractivity contribution < 1.29 is 21.6 Å². The first-order chi connectivity index (χ1) is 6.25. The number of halogens is 4. The summed E-state index contributed by atoms with van der Waals surface area (Å²) in [5.41, 5.74) is -5.26. The average Bonchev–Trinajstić information content (AvgIpc) is 2.02. The topological polar surface area (TPSA) is 34.1 Å². The maximum atomic E-state index is 12.0. The summed E-state index contributed by atoms with van der Waals surface area (Å²) in [5.74, 6) is 0. The van der Waals surface area contributed by atoms with E-state index in [1.807, 2.05) is 0 Å². The largest absolute Gasteiger partial charge is 0.501 e. The molecule has 2 nitrogen and oxygen atoms in total. The molecule has 0 aliphatic heterocycles. The lowest BCUT2D eigenvalue weighted by molar-refractivity contribution is -0.0436. The summed E-state index contributed by atoms with van der Waals surface area (Å²) < 4.78 is 58.1. The third-order valence-electron chi connectivity index (χ3n) is 1.41. The zero-order valence-electron chi connectivity index (χ0n) is 6.55. The van der Waals surface area contributed by atoms with Crippen molar-refractivity contribution in [2.24, 2.45) is 0 Å². The van der Waals surface area contributed by atoms with Crippen LogP contribution in [-0.4, -0.2) is 13.9 Å². The van der Waals surface area contributed by atoms with Crippen molar-refractivity contribution in [2.75, 3.05) is 0 Å². The van der Waals surface area contributed by atoms with Crippen LogP contribution < -0.4 is 0 Å². The lowest BCUT2D eigenvalue weighted by atomic mass is 10.4. The standard InChI is InChI=1S/C7H4BrF3O2S/c8-5-2-1-3-6(4-5)14(12,13)7(9,10)11/h1-4H. The number of benzene rings is 1. The fourth-order valence-corrected chi connectivity index (χ4v) is 2.13. The second-order valence-corrected chi connectivity index (χ2v) is 5.26. The van der Waals surface area contributed by atoms with Crippen LogP contribution in [0, 0.1) is 0 Å². The predicted molar refractivity (Wildman–Crippen MR) is 47.4 cm³/mol. The molecule has 0 spiro atoms. The highest BCUT2D eigenvalue weighted by molar-refractivity contribution is 9.10. The van der Waals surface area contributed by atoms with E-state index < -0.39 is 20.2 Å². The van der Waals surface area contributed by atoms with Gasteiger partial charge in [-0.2, -0.15) is 13.2 Å². The zero-order chi connectivity index (χ0) is 11.0. The molecular formula is C7H4BrF3O2S. The Bertz CT molecular complexity index is 438. The molecule has 78 valence electrons. The van der Waals surface area contributed by atoms with Crippen LogP contribution >= 0.6 is 15.9 Å². The first kappa shape index (κ1) is 11.5. The summed E-state index contributed by atoms with van der Waals surface area (Å²) >= 11 is 2.89. The average molecular weight is 289 g/mol. The molecule has 1 aromatic rings. The molecule has 0 amide bonds. The molecule has 0 fully saturated rings. The smallest absolute Gasteiger partial charge is 0.214 e. The molecule has 0 atom stereocenters. The summed E-state index contributed by atoms with van der Waals surface area (Å²) in [7, 11) is -5.23. The second-order valence-electron chi connectivity index (χ2n) is 2.41. The molecule has 1 rings (SSSR count). The van der Waals surface area contributed by atoms with Crippen molar-refractivity contribution in [1.82, 2.24) is 0 Å². The van der Waals surface area contributed by atoms with Gasteiger partial charge >= 0.3 is 5.51 Å². The van der Waals surface area contributed by atoms with E-state index in [4.69, 9.17) is 0 Å². The normalized spacial score (nSPS) is 12.9. The van der Waals surface area contributed by atoms with Crippen LogP contribution in [-0.2, 0) is 9.84 Å². The minimum atomic E-state index is -5.26. The molecule has 14 heavy (non-hydrogen) atoms. The number of hydrogen-bond donors (Lipinski definition) is 0. The third kappa shape index (κ3) is 2.09. The molecule has 0 heterocycles. The minimum absolute atomic E-state index is 0.280. The van der Waals surface area contributed by atoms with Gasteiger partial charge in [-0.3, -0.25) is 0 Å². The van der Waals surface area contributed by atoms with E-state index in [0.29, 0.717) is 0 Å². The van der Waals surface area contributed by atoms with Crippen molar-refractivity contribution in [2.45, 2.75) is 10.4 Å². The van der Waals surface area contributed by atoms with Gasteiger partial charge < -0.3 is 0 Å². The SMILES string of the molecule is O=S(=O)(c1cccc(Br)c1)C(F)(F)F. The molecule has 0 saturated carbocycles. The van der Waals surface area contributed by atoms with E-state index in [9.17, 15) is 21.6 Å². The molecule has 7 heteroatoms. The Balaban J connectivity index is 3.32. The highest BCUT2D eigenvalue weighted by Gasteiger charge is 2.46. The summed E-state index contributed by atoms with van der Waals surface area (Å²) in [6, 6.07) is 4.47. The van der Waals surface area contributed by atoms with E-state index in [-0.39, 0.29) is 4.47 Å². The van der Waals surface area contributed by atoms with Crippen LogP contribution in [0.5, 0.6) is 0 Å². The van der Waals surface area contributed by atoms with Crippen LogP contribution in [0.3, 0.4) is 0 Å². The predicted octanol–water partition coefficient (Wildman–Crippen LogP) is 2.74. The minimum Gasteiger partial charge on any atom is -0.214 e. The quantitative estimate of drug-likeness (QED) is 0.796. The van der Waals surface area contributed by atoms with Crippen LogP contribution in [0.2, 0.25) is 0 Å². The number of sulfone groups is 1. The summed E-state index contributed by atoms with van der Waals surface area (Å²) in [5, 5.41) is 0. The maximum Gasteiger partial charge on any atom is 0.501 e. The van der Waals surface area contributed by atoms with Gasteiger partial charge in [0.2, 0.25) is 0 Å². The van der Waals surface area contributed by atoms with Gasteiger partial charge in [0.05, 0.1) is 4.90 Å². The Morgan fingerprint density at radius 2 is 1.79 bits per heavy atom. The Morgan fingerprint density at radius 3 is 2.21 bits per heavy atom. The van der Waals surface area contributed by atoms with Crippen molar-refractivity contribution in [3.8, 4) is 0 Å². The van der Waals surface area contributed by atoms with E-state index in [1.54, 1.807) is 0 Å². The van der Waals surface area contributed by atoms with Crippen LogP contribution in [0.4, 0.5) is 13.2 Å². The van der Waals surface area contributed by atoms with Gasteiger partial charge in [-0.05, 0) is 18.2 Å². The number of rotatable bonds is 1. The Kier molecular flexibility index (Phi) is 2.91. The van der Waals surface area contributed by atoms with Crippen molar-refractivity contribution in [1.29, 1.82) is 0 Å². The highest BCUT2D eigenvalue weighted by atomic mass is 79.9. The molecule has 0 aliphatic carbocycles. The molecular weight excluding hydrogens is 285 g/mol. The van der Waals surface area contributed by atoms with Crippen molar-refractivity contribution in [3.05, 3.63) is 28.7 Å². The second kappa shape index (κ2) is 3.54. The van der Waals surface area contributed by atoms with Gasteiger partial charge in [-0.25, -0.2) is 8.42 Å². The first-order valence-electron chi connectivity index (χ1n) is 3.32. The molecule has 0 radical (unpaired) electrons. The Hall–Kier alpha value is -0.560. The number of hydrogen-bond acceptors (Lipinski definition) is 2. The lowest BCUT2D eigenvalue weighted by Crippen LogP contribution is -2.23.